The Kier molecular flexibility index (Phi) is 5.29. The zero-order valence-corrected chi connectivity index (χ0v) is 9.78. The Balaban J connectivity index is 2.13. The van der Waals surface area contributed by atoms with Crippen LogP contribution >= 0.6 is 0 Å². The molecule has 1 saturated carbocycles. The molecule has 1 fully saturated rings. The average molecular weight is 228 g/mol. The minimum absolute atomic E-state index is 0.215. The van der Waals surface area contributed by atoms with Crippen LogP contribution in [0.5, 0.6) is 0 Å². The second-order valence-corrected chi connectivity index (χ2v) is 4.62. The van der Waals surface area contributed by atoms with Crippen LogP contribution in [0.1, 0.15) is 45.4 Å². The predicted molar refractivity (Wildman–Crippen MR) is 59.0 cm³/mol. The number of carboxylic acid groups (broad SMARTS) is 1. The molecule has 1 N–H and O–H groups in total. The molecule has 1 aliphatic rings. The lowest BCUT2D eigenvalue weighted by atomic mass is 9.80. The van der Waals surface area contributed by atoms with Crippen LogP contribution in [0.25, 0.3) is 0 Å². The smallest absolute Gasteiger partial charge is 0.303 e. The summed E-state index contributed by atoms with van der Waals surface area (Å²) in [7, 11) is 0. The van der Waals surface area contributed by atoms with Gasteiger partial charge in [0.05, 0.1) is 6.61 Å². The summed E-state index contributed by atoms with van der Waals surface area (Å²) in [5.41, 5.74) is 0. The number of carbonyl (C=O) groups is 2. The summed E-state index contributed by atoms with van der Waals surface area (Å²) in [6.07, 6.45) is 5.31. The van der Waals surface area contributed by atoms with Crippen molar-refractivity contribution in [3.63, 3.8) is 0 Å². The molecule has 0 spiro atoms. The van der Waals surface area contributed by atoms with E-state index < -0.39 is 5.97 Å². The highest BCUT2D eigenvalue weighted by atomic mass is 16.5. The van der Waals surface area contributed by atoms with Crippen molar-refractivity contribution >= 4 is 11.9 Å². The van der Waals surface area contributed by atoms with E-state index in [2.05, 4.69) is 0 Å². The maximum Gasteiger partial charge on any atom is 0.303 e. The van der Waals surface area contributed by atoms with Crippen LogP contribution < -0.4 is 0 Å². The number of hydrogen-bond acceptors (Lipinski definition) is 3. The van der Waals surface area contributed by atoms with Crippen molar-refractivity contribution in [2.45, 2.75) is 45.4 Å². The fourth-order valence-corrected chi connectivity index (χ4v) is 2.25. The molecule has 0 aromatic rings. The number of carboxylic acids is 1. The number of ether oxygens (including phenoxy) is 1. The van der Waals surface area contributed by atoms with Crippen LogP contribution in [0.2, 0.25) is 0 Å². The maximum absolute atomic E-state index is 10.6. The molecule has 4 nitrogen and oxygen atoms in total. The van der Waals surface area contributed by atoms with Gasteiger partial charge in [-0.2, -0.15) is 0 Å². The van der Waals surface area contributed by atoms with E-state index in [1.165, 1.54) is 6.92 Å². The maximum atomic E-state index is 10.6. The van der Waals surface area contributed by atoms with Gasteiger partial charge in [0.1, 0.15) is 0 Å². The van der Waals surface area contributed by atoms with Crippen LogP contribution in [0.3, 0.4) is 0 Å². The third kappa shape index (κ3) is 5.14. The summed E-state index contributed by atoms with van der Waals surface area (Å²) >= 11 is 0. The molecule has 0 aromatic carbocycles. The summed E-state index contributed by atoms with van der Waals surface area (Å²) in [6.45, 7) is 1.96. The van der Waals surface area contributed by atoms with Crippen molar-refractivity contribution in [1.29, 1.82) is 0 Å². The molecule has 0 aliphatic heterocycles. The van der Waals surface area contributed by atoms with E-state index in [-0.39, 0.29) is 12.4 Å². The highest BCUT2D eigenvalue weighted by Gasteiger charge is 2.22. The Morgan fingerprint density at radius 3 is 2.25 bits per heavy atom. The number of hydrogen-bond donors (Lipinski definition) is 1. The SMILES string of the molecule is CC(=O)OCC1CCC(CCC(=O)O)CC1. The van der Waals surface area contributed by atoms with Gasteiger partial charge < -0.3 is 9.84 Å². The zero-order chi connectivity index (χ0) is 12.0. The van der Waals surface area contributed by atoms with Crippen LogP contribution in [0, 0.1) is 11.8 Å². The third-order valence-corrected chi connectivity index (χ3v) is 3.26. The van der Waals surface area contributed by atoms with E-state index in [0.717, 1.165) is 32.1 Å². The molecule has 0 aromatic heterocycles. The number of carbonyl (C=O) groups excluding carboxylic acids is 1. The van der Waals surface area contributed by atoms with E-state index in [9.17, 15) is 9.59 Å². The Bertz CT molecular complexity index is 215. The molecule has 0 amide bonds. The van der Waals surface area contributed by atoms with E-state index >= 15 is 0 Å². The van der Waals surface area contributed by atoms with Crippen molar-refractivity contribution in [3.8, 4) is 0 Å². The van der Waals surface area contributed by atoms with Crippen LogP contribution in [0.4, 0.5) is 0 Å². The molecule has 16 heavy (non-hydrogen) atoms. The summed E-state index contributed by atoms with van der Waals surface area (Å²) < 4.78 is 4.98. The van der Waals surface area contributed by atoms with Crippen molar-refractivity contribution in [1.82, 2.24) is 0 Å². The van der Waals surface area contributed by atoms with Gasteiger partial charge in [0, 0.05) is 13.3 Å². The van der Waals surface area contributed by atoms with Gasteiger partial charge in [-0.3, -0.25) is 9.59 Å². The van der Waals surface area contributed by atoms with Crippen molar-refractivity contribution in [3.05, 3.63) is 0 Å². The van der Waals surface area contributed by atoms with E-state index in [4.69, 9.17) is 9.84 Å². The van der Waals surface area contributed by atoms with Gasteiger partial charge in [-0.05, 0) is 31.1 Å². The molecule has 0 saturated heterocycles. The highest BCUT2D eigenvalue weighted by Crippen LogP contribution is 2.31. The fraction of sp³-hybridized carbons (Fsp3) is 0.833. The first-order chi connectivity index (χ1) is 7.58. The van der Waals surface area contributed by atoms with E-state index in [0.29, 0.717) is 18.4 Å². The Morgan fingerprint density at radius 1 is 1.19 bits per heavy atom. The number of aliphatic carboxylic acids is 1. The molecule has 0 radical (unpaired) electrons. The predicted octanol–water partition coefficient (Wildman–Crippen LogP) is 2.22. The lowest BCUT2D eigenvalue weighted by Crippen LogP contribution is -2.20. The monoisotopic (exact) mass is 228 g/mol. The number of esters is 1. The molecular weight excluding hydrogens is 208 g/mol. The van der Waals surface area contributed by atoms with Crippen molar-refractivity contribution < 1.29 is 19.4 Å². The van der Waals surface area contributed by atoms with Gasteiger partial charge in [0.25, 0.3) is 0 Å². The highest BCUT2D eigenvalue weighted by molar-refractivity contribution is 5.66. The summed E-state index contributed by atoms with van der Waals surface area (Å²) in [6, 6.07) is 0. The normalized spacial score (nSPS) is 25.1. The third-order valence-electron chi connectivity index (χ3n) is 3.26. The lowest BCUT2D eigenvalue weighted by Gasteiger charge is -2.27. The molecular formula is C12H20O4. The van der Waals surface area contributed by atoms with E-state index in [1.54, 1.807) is 0 Å². The van der Waals surface area contributed by atoms with Crippen molar-refractivity contribution in [2.24, 2.45) is 11.8 Å². The van der Waals surface area contributed by atoms with Gasteiger partial charge in [-0.1, -0.05) is 12.8 Å². The van der Waals surface area contributed by atoms with Crippen LogP contribution in [0.15, 0.2) is 0 Å². The van der Waals surface area contributed by atoms with Crippen LogP contribution in [-0.2, 0) is 14.3 Å². The van der Waals surface area contributed by atoms with E-state index in [1.807, 2.05) is 0 Å². The van der Waals surface area contributed by atoms with Gasteiger partial charge in [-0.15, -0.1) is 0 Å². The topological polar surface area (TPSA) is 63.6 Å². The summed E-state index contributed by atoms with van der Waals surface area (Å²) in [4.78, 5) is 21.1. The second-order valence-electron chi connectivity index (χ2n) is 4.62. The summed E-state index contributed by atoms with van der Waals surface area (Å²) in [5.74, 6) is 0.102. The first-order valence-corrected chi connectivity index (χ1v) is 5.93. The first-order valence-electron chi connectivity index (χ1n) is 5.93. The number of rotatable bonds is 5. The fourth-order valence-electron chi connectivity index (χ4n) is 2.25. The minimum atomic E-state index is -0.706. The van der Waals surface area contributed by atoms with Crippen LogP contribution in [-0.4, -0.2) is 23.7 Å². The first kappa shape index (κ1) is 13.0. The molecule has 4 heteroatoms. The lowest BCUT2D eigenvalue weighted by molar-refractivity contribution is -0.143. The van der Waals surface area contributed by atoms with Gasteiger partial charge >= 0.3 is 11.9 Å². The standard InChI is InChI=1S/C12H20O4/c1-9(13)16-8-11-4-2-10(3-5-11)6-7-12(14)15/h10-11H,2-8H2,1H3,(H,14,15). The zero-order valence-electron chi connectivity index (χ0n) is 9.78. The molecule has 0 bridgehead atoms. The molecule has 1 aliphatic carbocycles. The molecule has 1 rings (SSSR count). The molecule has 92 valence electrons. The Labute approximate surface area is 96.0 Å². The van der Waals surface area contributed by atoms with Gasteiger partial charge in [0.2, 0.25) is 0 Å². The quantitative estimate of drug-likeness (QED) is 0.733. The average Bonchev–Trinajstić information content (AvgIpc) is 2.25. The molecule has 0 unspecified atom stereocenters. The molecule has 0 atom stereocenters. The van der Waals surface area contributed by atoms with Gasteiger partial charge in [-0.25, -0.2) is 0 Å². The van der Waals surface area contributed by atoms with Crippen molar-refractivity contribution in [2.75, 3.05) is 6.61 Å². The molecule has 0 heterocycles. The Hall–Kier alpha value is -1.06. The summed E-state index contributed by atoms with van der Waals surface area (Å²) in [5, 5.41) is 8.58. The minimum Gasteiger partial charge on any atom is -0.481 e. The Morgan fingerprint density at radius 2 is 1.75 bits per heavy atom. The second kappa shape index (κ2) is 6.51. The largest absolute Gasteiger partial charge is 0.481 e. The van der Waals surface area contributed by atoms with Gasteiger partial charge in [0.15, 0.2) is 0 Å².